The van der Waals surface area contributed by atoms with Crippen LogP contribution in [0.15, 0.2) is 48.5 Å². The minimum Gasteiger partial charge on any atom is -0.504 e. The van der Waals surface area contributed by atoms with Gasteiger partial charge in [-0.25, -0.2) is 9.59 Å². The fraction of sp³-hybridized carbons (Fsp3) is 0.300. The Kier molecular flexibility index (Phi) is 6.22. The Morgan fingerprint density at radius 3 is 2.35 bits per heavy atom. The smallest absolute Gasteiger partial charge is 0.344 e. The van der Waals surface area contributed by atoms with Crippen LogP contribution in [0.3, 0.4) is 0 Å². The first kappa shape index (κ1) is 19.3. The van der Waals surface area contributed by atoms with Crippen LogP contribution >= 0.6 is 0 Å². The molecule has 0 unspecified atom stereocenters. The number of carbonyl (C=O) groups excluding carboxylic acids is 2. The number of esters is 2. The van der Waals surface area contributed by atoms with Gasteiger partial charge in [-0.1, -0.05) is 30.3 Å². The van der Waals surface area contributed by atoms with Crippen LogP contribution in [0.4, 0.5) is 0 Å². The van der Waals surface area contributed by atoms with Crippen molar-refractivity contribution in [3.63, 3.8) is 0 Å². The predicted molar refractivity (Wildman–Crippen MR) is 95.0 cm³/mol. The number of hydrogen-bond acceptors (Lipinski definition) is 6. The maximum absolute atomic E-state index is 12.1. The SMILES string of the molecule is CC(C)(C)OC(=O)COc1ccc(C(=O)OCc2ccccc2)cc1O. The van der Waals surface area contributed by atoms with Crippen molar-refractivity contribution in [3.8, 4) is 11.5 Å². The first-order valence-electron chi connectivity index (χ1n) is 8.13. The van der Waals surface area contributed by atoms with Crippen LogP contribution in [0.2, 0.25) is 0 Å². The van der Waals surface area contributed by atoms with Gasteiger partial charge in [0.1, 0.15) is 12.2 Å². The fourth-order valence-electron chi connectivity index (χ4n) is 2.08. The molecule has 0 amide bonds. The summed E-state index contributed by atoms with van der Waals surface area (Å²) < 4.78 is 15.5. The van der Waals surface area contributed by atoms with Crippen molar-refractivity contribution >= 4 is 11.9 Å². The molecule has 0 radical (unpaired) electrons. The molecule has 0 aliphatic carbocycles. The Morgan fingerprint density at radius 2 is 1.73 bits per heavy atom. The van der Waals surface area contributed by atoms with Gasteiger partial charge in [0.2, 0.25) is 0 Å². The van der Waals surface area contributed by atoms with E-state index in [2.05, 4.69) is 0 Å². The highest BCUT2D eigenvalue weighted by atomic mass is 16.6. The zero-order valence-electron chi connectivity index (χ0n) is 15.0. The molecule has 2 aromatic rings. The molecule has 0 atom stereocenters. The third kappa shape index (κ3) is 6.12. The number of hydrogen-bond donors (Lipinski definition) is 1. The van der Waals surface area contributed by atoms with Crippen LogP contribution in [-0.2, 0) is 20.9 Å². The molecule has 6 nitrogen and oxygen atoms in total. The largest absolute Gasteiger partial charge is 0.504 e. The molecule has 6 heteroatoms. The van der Waals surface area contributed by atoms with E-state index in [4.69, 9.17) is 14.2 Å². The van der Waals surface area contributed by atoms with E-state index >= 15 is 0 Å². The lowest BCUT2D eigenvalue weighted by molar-refractivity contribution is -0.157. The number of carbonyl (C=O) groups is 2. The van der Waals surface area contributed by atoms with Crippen LogP contribution in [0.25, 0.3) is 0 Å². The highest BCUT2D eigenvalue weighted by molar-refractivity contribution is 5.90. The molecule has 1 N–H and O–H groups in total. The maximum atomic E-state index is 12.1. The van der Waals surface area contributed by atoms with Crippen molar-refractivity contribution in [1.29, 1.82) is 0 Å². The van der Waals surface area contributed by atoms with Gasteiger partial charge in [0, 0.05) is 0 Å². The molecule has 0 saturated heterocycles. The van der Waals surface area contributed by atoms with Crippen LogP contribution in [0.1, 0.15) is 36.7 Å². The van der Waals surface area contributed by atoms with Crippen LogP contribution in [0, 0.1) is 0 Å². The molecule has 138 valence electrons. The van der Waals surface area contributed by atoms with Crippen molar-refractivity contribution in [1.82, 2.24) is 0 Å². The lowest BCUT2D eigenvalue weighted by Crippen LogP contribution is -2.27. The summed E-state index contributed by atoms with van der Waals surface area (Å²) in [5, 5.41) is 9.99. The van der Waals surface area contributed by atoms with Gasteiger partial charge in [-0.05, 0) is 44.5 Å². The summed E-state index contributed by atoms with van der Waals surface area (Å²) in [6.45, 7) is 5.04. The summed E-state index contributed by atoms with van der Waals surface area (Å²) >= 11 is 0. The number of phenolic OH excluding ortho intramolecular Hbond substituents is 1. The molecule has 0 spiro atoms. The monoisotopic (exact) mass is 358 g/mol. The summed E-state index contributed by atoms with van der Waals surface area (Å²) in [6.07, 6.45) is 0. The summed E-state index contributed by atoms with van der Waals surface area (Å²) in [4.78, 5) is 23.7. The average Bonchev–Trinajstić information content (AvgIpc) is 2.58. The number of aromatic hydroxyl groups is 1. The molecule has 0 aliphatic heterocycles. The lowest BCUT2D eigenvalue weighted by atomic mass is 10.2. The number of ether oxygens (including phenoxy) is 3. The van der Waals surface area contributed by atoms with Gasteiger partial charge in [0.15, 0.2) is 18.1 Å². The third-order valence-electron chi connectivity index (χ3n) is 3.17. The average molecular weight is 358 g/mol. The first-order chi connectivity index (χ1) is 12.2. The van der Waals surface area contributed by atoms with Gasteiger partial charge in [-0.2, -0.15) is 0 Å². The van der Waals surface area contributed by atoms with Gasteiger partial charge in [0.05, 0.1) is 5.56 Å². The number of rotatable bonds is 6. The van der Waals surface area contributed by atoms with Crippen LogP contribution in [-0.4, -0.2) is 29.3 Å². The predicted octanol–water partition coefficient (Wildman–Crippen LogP) is 3.47. The summed E-state index contributed by atoms with van der Waals surface area (Å²) in [7, 11) is 0. The minimum atomic E-state index is -0.616. The second-order valence-corrected chi connectivity index (χ2v) is 6.62. The Labute approximate surface area is 152 Å². The Bertz CT molecular complexity index is 762. The standard InChI is InChI=1S/C20H22O6/c1-20(2,3)26-18(22)13-24-17-10-9-15(11-16(17)21)19(23)25-12-14-7-5-4-6-8-14/h4-11,21H,12-13H2,1-3H3. The number of phenols is 1. The Balaban J connectivity index is 1.91. The molecular formula is C20H22O6. The summed E-state index contributed by atoms with van der Waals surface area (Å²) in [6, 6.07) is 13.4. The van der Waals surface area contributed by atoms with E-state index in [1.54, 1.807) is 20.8 Å². The Morgan fingerprint density at radius 1 is 1.04 bits per heavy atom. The maximum Gasteiger partial charge on any atom is 0.344 e. The van der Waals surface area contributed by atoms with E-state index in [1.165, 1.54) is 18.2 Å². The second-order valence-electron chi connectivity index (χ2n) is 6.62. The highest BCUT2D eigenvalue weighted by Crippen LogP contribution is 2.27. The Hall–Kier alpha value is -3.02. The number of benzene rings is 2. The third-order valence-corrected chi connectivity index (χ3v) is 3.17. The van der Waals surface area contributed by atoms with Gasteiger partial charge >= 0.3 is 11.9 Å². The molecule has 0 fully saturated rings. The molecule has 0 heterocycles. The quantitative estimate of drug-likeness (QED) is 0.796. The van der Waals surface area contributed by atoms with E-state index < -0.39 is 17.5 Å². The van der Waals surface area contributed by atoms with E-state index in [9.17, 15) is 14.7 Å². The van der Waals surface area contributed by atoms with Crippen molar-refractivity contribution in [2.24, 2.45) is 0 Å². The van der Waals surface area contributed by atoms with Crippen molar-refractivity contribution in [2.45, 2.75) is 33.0 Å². The van der Waals surface area contributed by atoms with Crippen molar-refractivity contribution in [3.05, 3.63) is 59.7 Å². The zero-order valence-corrected chi connectivity index (χ0v) is 15.0. The van der Waals surface area contributed by atoms with Gasteiger partial charge in [-0.3, -0.25) is 0 Å². The van der Waals surface area contributed by atoms with E-state index in [-0.39, 0.29) is 30.3 Å². The van der Waals surface area contributed by atoms with E-state index in [0.29, 0.717) is 0 Å². The van der Waals surface area contributed by atoms with E-state index in [1.807, 2.05) is 30.3 Å². The molecule has 0 aliphatic rings. The van der Waals surface area contributed by atoms with Gasteiger partial charge in [0.25, 0.3) is 0 Å². The lowest BCUT2D eigenvalue weighted by Gasteiger charge is -2.19. The summed E-state index contributed by atoms with van der Waals surface area (Å²) in [5.41, 5.74) is 0.430. The zero-order chi connectivity index (χ0) is 19.2. The van der Waals surface area contributed by atoms with Gasteiger partial charge < -0.3 is 19.3 Å². The first-order valence-corrected chi connectivity index (χ1v) is 8.13. The molecule has 2 rings (SSSR count). The van der Waals surface area contributed by atoms with Crippen molar-refractivity contribution < 1.29 is 28.9 Å². The second kappa shape index (κ2) is 8.38. The van der Waals surface area contributed by atoms with Gasteiger partial charge in [-0.15, -0.1) is 0 Å². The fourth-order valence-corrected chi connectivity index (χ4v) is 2.08. The molecule has 2 aromatic carbocycles. The topological polar surface area (TPSA) is 82.1 Å². The van der Waals surface area contributed by atoms with E-state index in [0.717, 1.165) is 5.56 Å². The summed E-state index contributed by atoms with van der Waals surface area (Å²) in [5.74, 6) is -1.30. The van der Waals surface area contributed by atoms with Crippen molar-refractivity contribution in [2.75, 3.05) is 6.61 Å². The molecule has 26 heavy (non-hydrogen) atoms. The molecular weight excluding hydrogens is 336 g/mol. The molecule has 0 aromatic heterocycles. The highest BCUT2D eigenvalue weighted by Gasteiger charge is 2.18. The molecule has 0 bridgehead atoms. The molecule has 0 saturated carbocycles. The minimum absolute atomic E-state index is 0.0791. The van der Waals surface area contributed by atoms with Crippen LogP contribution < -0.4 is 4.74 Å². The van der Waals surface area contributed by atoms with Crippen LogP contribution in [0.5, 0.6) is 11.5 Å². The normalized spacial score (nSPS) is 10.9.